The van der Waals surface area contributed by atoms with E-state index >= 15 is 0 Å². The first kappa shape index (κ1) is 11.1. The smallest absolute Gasteiger partial charge is 0.283 e. The molecule has 0 atom stereocenters. The van der Waals surface area contributed by atoms with Gasteiger partial charge in [-0.25, -0.2) is 0 Å². The zero-order valence-corrected chi connectivity index (χ0v) is 9.28. The molecule has 1 aromatic rings. The molecule has 0 spiro atoms. The fourth-order valence-electron chi connectivity index (χ4n) is 1.01. The van der Waals surface area contributed by atoms with Crippen molar-refractivity contribution in [1.29, 1.82) is 0 Å². The third-order valence-electron chi connectivity index (χ3n) is 1.68. The van der Waals surface area contributed by atoms with Gasteiger partial charge in [-0.3, -0.25) is 10.1 Å². The van der Waals surface area contributed by atoms with Crippen molar-refractivity contribution in [3.63, 3.8) is 0 Å². The normalized spacial score (nSPS) is 10.1. The molecular weight excluding hydrogens is 250 g/mol. The number of benzene rings is 1. The summed E-state index contributed by atoms with van der Waals surface area (Å²) in [5.74, 6) is 0. The lowest BCUT2D eigenvalue weighted by molar-refractivity contribution is -0.385. The Kier molecular flexibility index (Phi) is 4.03. The van der Waals surface area contributed by atoms with Crippen molar-refractivity contribution < 1.29 is 9.66 Å². The number of rotatable bonds is 4. The summed E-state index contributed by atoms with van der Waals surface area (Å²) in [4.78, 5) is 10.2. The molecule has 0 aliphatic carbocycles. The average molecular weight is 260 g/mol. The summed E-state index contributed by atoms with van der Waals surface area (Å²) >= 11 is 3.12. The van der Waals surface area contributed by atoms with E-state index in [9.17, 15) is 10.1 Å². The second-order valence-electron chi connectivity index (χ2n) is 2.68. The Balaban J connectivity index is 2.89. The second kappa shape index (κ2) is 5.07. The number of hydrogen-bond donors (Lipinski definition) is 0. The molecule has 0 saturated heterocycles. The van der Waals surface area contributed by atoms with Crippen molar-refractivity contribution in [2.24, 2.45) is 0 Å². The van der Waals surface area contributed by atoms with Crippen LogP contribution in [0.3, 0.4) is 0 Å². The van der Waals surface area contributed by atoms with Gasteiger partial charge in [-0.2, -0.15) is 0 Å². The average Bonchev–Trinajstić information content (AvgIpc) is 2.16. The molecule has 0 aliphatic rings. The number of nitro groups is 1. The van der Waals surface area contributed by atoms with E-state index in [1.54, 1.807) is 12.1 Å². The van der Waals surface area contributed by atoms with E-state index in [1.807, 2.05) is 6.92 Å². The Labute approximate surface area is 90.2 Å². The van der Waals surface area contributed by atoms with Crippen molar-refractivity contribution >= 4 is 21.6 Å². The summed E-state index contributed by atoms with van der Waals surface area (Å²) in [6.45, 7) is 2.89. The molecule has 0 aliphatic heterocycles. The Morgan fingerprint density at radius 3 is 2.86 bits per heavy atom. The minimum absolute atomic E-state index is 0.0715. The number of nitrogens with zero attached hydrogens (tertiary/aromatic N) is 1. The van der Waals surface area contributed by atoms with Gasteiger partial charge < -0.3 is 4.74 Å². The zero-order valence-electron chi connectivity index (χ0n) is 7.70. The molecule has 0 heterocycles. The summed E-state index contributed by atoms with van der Waals surface area (Å²) in [5, 5.41) is 10.6. The van der Waals surface area contributed by atoms with Crippen LogP contribution in [0.25, 0.3) is 0 Å². The van der Waals surface area contributed by atoms with Gasteiger partial charge in [-0.05, 0) is 34.5 Å². The van der Waals surface area contributed by atoms with E-state index in [0.717, 1.165) is 5.56 Å². The molecule has 0 unspecified atom stereocenters. The third kappa shape index (κ3) is 2.78. The largest absolute Gasteiger partial charge is 0.377 e. The Morgan fingerprint density at radius 1 is 1.57 bits per heavy atom. The highest BCUT2D eigenvalue weighted by Gasteiger charge is 2.11. The van der Waals surface area contributed by atoms with Crippen molar-refractivity contribution in [1.82, 2.24) is 0 Å². The maximum atomic E-state index is 10.6. The van der Waals surface area contributed by atoms with Crippen LogP contribution in [-0.4, -0.2) is 11.5 Å². The van der Waals surface area contributed by atoms with Crippen LogP contribution in [0, 0.1) is 10.1 Å². The van der Waals surface area contributed by atoms with E-state index in [4.69, 9.17) is 4.74 Å². The SMILES string of the molecule is CCOCc1ccc(Br)c([N+](=O)[O-])c1. The summed E-state index contributed by atoms with van der Waals surface area (Å²) in [6.07, 6.45) is 0. The Bertz CT molecular complexity index is 341. The lowest BCUT2D eigenvalue weighted by atomic mass is 10.2. The van der Waals surface area contributed by atoms with Crippen LogP contribution in [0.2, 0.25) is 0 Å². The molecule has 0 saturated carbocycles. The van der Waals surface area contributed by atoms with Crippen LogP contribution in [0.4, 0.5) is 5.69 Å². The summed E-state index contributed by atoms with van der Waals surface area (Å²) < 4.78 is 5.64. The quantitative estimate of drug-likeness (QED) is 0.617. The molecule has 0 N–H and O–H groups in total. The number of halogens is 1. The van der Waals surface area contributed by atoms with Crippen LogP contribution >= 0.6 is 15.9 Å². The summed E-state index contributed by atoms with van der Waals surface area (Å²) in [6, 6.07) is 4.97. The molecule has 0 fully saturated rings. The van der Waals surface area contributed by atoms with E-state index < -0.39 is 4.92 Å². The lowest BCUT2D eigenvalue weighted by Gasteiger charge is -2.02. The van der Waals surface area contributed by atoms with Crippen LogP contribution in [-0.2, 0) is 11.3 Å². The Hall–Kier alpha value is -0.940. The molecular formula is C9H10BrNO3. The summed E-state index contributed by atoms with van der Waals surface area (Å²) in [5.41, 5.74) is 0.879. The van der Waals surface area contributed by atoms with Gasteiger partial charge in [0.05, 0.1) is 16.0 Å². The van der Waals surface area contributed by atoms with Crippen molar-refractivity contribution in [2.75, 3.05) is 6.61 Å². The topological polar surface area (TPSA) is 52.4 Å². The molecule has 0 radical (unpaired) electrons. The van der Waals surface area contributed by atoms with Crippen LogP contribution in [0.1, 0.15) is 12.5 Å². The molecule has 14 heavy (non-hydrogen) atoms. The predicted octanol–water partition coefficient (Wildman–Crippen LogP) is 2.89. The van der Waals surface area contributed by atoms with Gasteiger partial charge in [0.25, 0.3) is 5.69 Å². The predicted molar refractivity (Wildman–Crippen MR) is 56.1 cm³/mol. The summed E-state index contributed by atoms with van der Waals surface area (Å²) in [7, 11) is 0. The number of nitro benzene ring substituents is 1. The van der Waals surface area contributed by atoms with Crippen molar-refractivity contribution in [3.8, 4) is 0 Å². The molecule has 1 rings (SSSR count). The van der Waals surface area contributed by atoms with E-state index in [2.05, 4.69) is 15.9 Å². The van der Waals surface area contributed by atoms with Gasteiger partial charge in [0.15, 0.2) is 0 Å². The highest BCUT2D eigenvalue weighted by Crippen LogP contribution is 2.25. The first-order valence-corrected chi connectivity index (χ1v) is 4.95. The van der Waals surface area contributed by atoms with Gasteiger partial charge in [0, 0.05) is 12.7 Å². The van der Waals surface area contributed by atoms with Crippen LogP contribution in [0.5, 0.6) is 0 Å². The number of hydrogen-bond acceptors (Lipinski definition) is 3. The van der Waals surface area contributed by atoms with Gasteiger partial charge in [-0.1, -0.05) is 6.07 Å². The van der Waals surface area contributed by atoms with E-state index in [0.29, 0.717) is 17.7 Å². The van der Waals surface area contributed by atoms with Crippen molar-refractivity contribution in [2.45, 2.75) is 13.5 Å². The maximum Gasteiger partial charge on any atom is 0.283 e. The molecule has 5 heteroatoms. The molecule has 76 valence electrons. The van der Waals surface area contributed by atoms with Crippen molar-refractivity contribution in [3.05, 3.63) is 38.3 Å². The fourth-order valence-corrected chi connectivity index (χ4v) is 1.40. The van der Waals surface area contributed by atoms with Crippen LogP contribution < -0.4 is 0 Å². The monoisotopic (exact) mass is 259 g/mol. The minimum Gasteiger partial charge on any atom is -0.377 e. The highest BCUT2D eigenvalue weighted by molar-refractivity contribution is 9.10. The highest BCUT2D eigenvalue weighted by atomic mass is 79.9. The van der Waals surface area contributed by atoms with Gasteiger partial charge in [-0.15, -0.1) is 0 Å². The van der Waals surface area contributed by atoms with Gasteiger partial charge in [0.2, 0.25) is 0 Å². The third-order valence-corrected chi connectivity index (χ3v) is 2.35. The fraction of sp³-hybridized carbons (Fsp3) is 0.333. The standard InChI is InChI=1S/C9H10BrNO3/c1-2-14-6-7-3-4-8(10)9(5-7)11(12)13/h3-5H,2,6H2,1H3. The van der Waals surface area contributed by atoms with Crippen LogP contribution in [0.15, 0.2) is 22.7 Å². The molecule has 0 amide bonds. The number of ether oxygens (including phenoxy) is 1. The van der Waals surface area contributed by atoms with E-state index in [-0.39, 0.29) is 5.69 Å². The lowest BCUT2D eigenvalue weighted by Crippen LogP contribution is -1.95. The second-order valence-corrected chi connectivity index (χ2v) is 3.53. The molecule has 0 bridgehead atoms. The molecule has 4 nitrogen and oxygen atoms in total. The molecule has 0 aromatic heterocycles. The molecule has 1 aromatic carbocycles. The first-order valence-electron chi connectivity index (χ1n) is 4.15. The van der Waals surface area contributed by atoms with Gasteiger partial charge >= 0.3 is 0 Å². The zero-order chi connectivity index (χ0) is 10.6. The minimum atomic E-state index is -0.417. The maximum absolute atomic E-state index is 10.6. The van der Waals surface area contributed by atoms with E-state index in [1.165, 1.54) is 6.07 Å². The first-order chi connectivity index (χ1) is 6.65. The Morgan fingerprint density at radius 2 is 2.29 bits per heavy atom. The van der Waals surface area contributed by atoms with Gasteiger partial charge in [0.1, 0.15) is 0 Å².